The van der Waals surface area contributed by atoms with Gasteiger partial charge in [-0.05, 0) is 36.6 Å². The van der Waals surface area contributed by atoms with E-state index in [-0.39, 0.29) is 24.3 Å². The molecule has 1 N–H and O–H groups in total. The highest BCUT2D eigenvalue weighted by Crippen LogP contribution is 2.28. The smallest absolute Gasteiger partial charge is 0.350 e. The third-order valence-corrected chi connectivity index (χ3v) is 4.88. The van der Waals surface area contributed by atoms with E-state index in [2.05, 4.69) is 10.4 Å². The Morgan fingerprint density at radius 2 is 1.90 bits per heavy atom. The topological polar surface area (TPSA) is 67.2 Å². The molecule has 1 unspecified atom stereocenters. The van der Waals surface area contributed by atoms with Gasteiger partial charge < -0.3 is 10.2 Å². The third kappa shape index (κ3) is 4.78. The molecule has 1 aromatic carbocycles. The van der Waals surface area contributed by atoms with Gasteiger partial charge in [-0.1, -0.05) is 26.0 Å². The molecule has 2 heterocycles. The summed E-state index contributed by atoms with van der Waals surface area (Å²) in [5.74, 6) is -0.372. The van der Waals surface area contributed by atoms with E-state index in [0.29, 0.717) is 18.7 Å². The van der Waals surface area contributed by atoms with Crippen LogP contribution in [-0.2, 0) is 22.3 Å². The lowest BCUT2D eigenvalue weighted by Gasteiger charge is -2.25. The zero-order valence-corrected chi connectivity index (χ0v) is 16.2. The summed E-state index contributed by atoms with van der Waals surface area (Å²) in [6.07, 6.45) is -1.79. The van der Waals surface area contributed by atoms with Gasteiger partial charge in [0.1, 0.15) is 6.04 Å². The number of halogens is 3. The molecule has 0 radical (unpaired) electrons. The van der Waals surface area contributed by atoms with Crippen molar-refractivity contribution in [1.82, 2.24) is 20.0 Å². The molecule has 1 fully saturated rings. The fraction of sp³-hybridized carbons (Fsp3) is 0.450. The van der Waals surface area contributed by atoms with E-state index in [0.717, 1.165) is 22.7 Å². The van der Waals surface area contributed by atoms with E-state index in [4.69, 9.17) is 0 Å². The Kier molecular flexibility index (Phi) is 5.95. The number of benzene rings is 1. The first-order valence-electron chi connectivity index (χ1n) is 9.47. The Bertz CT molecular complexity index is 875. The van der Waals surface area contributed by atoms with E-state index < -0.39 is 17.9 Å². The number of nitrogens with one attached hydrogen (secondary N) is 1. The molecule has 156 valence electrons. The van der Waals surface area contributed by atoms with E-state index >= 15 is 0 Å². The minimum absolute atomic E-state index is 0.0237. The van der Waals surface area contributed by atoms with Crippen LogP contribution in [0.1, 0.15) is 37.9 Å². The fourth-order valence-corrected chi connectivity index (χ4v) is 3.33. The molecule has 2 aromatic rings. The number of alkyl halides is 3. The number of hydrogen-bond donors (Lipinski definition) is 1. The summed E-state index contributed by atoms with van der Waals surface area (Å²) in [4.78, 5) is 26.4. The highest BCUT2D eigenvalue weighted by atomic mass is 19.4. The second-order valence-corrected chi connectivity index (χ2v) is 7.37. The van der Waals surface area contributed by atoms with Gasteiger partial charge in [0.05, 0.1) is 5.69 Å². The van der Waals surface area contributed by atoms with Crippen molar-refractivity contribution in [3.63, 3.8) is 0 Å². The molecule has 1 aromatic heterocycles. The van der Waals surface area contributed by atoms with Crippen molar-refractivity contribution in [2.75, 3.05) is 6.54 Å². The molecule has 29 heavy (non-hydrogen) atoms. The molecule has 6 nitrogen and oxygen atoms in total. The molecule has 0 spiro atoms. The lowest BCUT2D eigenvalue weighted by Crippen LogP contribution is -2.47. The van der Waals surface area contributed by atoms with Crippen LogP contribution in [-0.4, -0.2) is 39.1 Å². The van der Waals surface area contributed by atoms with Crippen LogP contribution in [0.2, 0.25) is 0 Å². The zero-order chi connectivity index (χ0) is 21.2. The minimum Gasteiger partial charge on any atom is -0.350 e. The van der Waals surface area contributed by atoms with Gasteiger partial charge >= 0.3 is 6.18 Å². The monoisotopic (exact) mass is 408 g/mol. The molecule has 0 saturated carbocycles. The number of likely N-dealkylation sites (tertiary alicyclic amines) is 1. The fourth-order valence-electron chi connectivity index (χ4n) is 3.33. The number of amides is 2. The predicted octanol–water partition coefficient (Wildman–Crippen LogP) is 3.15. The third-order valence-electron chi connectivity index (χ3n) is 4.88. The zero-order valence-electron chi connectivity index (χ0n) is 16.2. The Balaban J connectivity index is 1.59. The molecule has 0 aliphatic carbocycles. The van der Waals surface area contributed by atoms with Gasteiger partial charge in [-0.2, -0.15) is 18.3 Å². The molecular formula is C20H23F3N4O2. The molecule has 1 atom stereocenters. The van der Waals surface area contributed by atoms with Crippen molar-refractivity contribution in [1.29, 1.82) is 0 Å². The van der Waals surface area contributed by atoms with Crippen LogP contribution in [0.3, 0.4) is 0 Å². The van der Waals surface area contributed by atoms with Crippen LogP contribution >= 0.6 is 0 Å². The predicted molar refractivity (Wildman–Crippen MR) is 100.0 cm³/mol. The number of nitrogens with zero attached hydrogens (tertiary/aromatic N) is 3. The van der Waals surface area contributed by atoms with Gasteiger partial charge in [-0.3, -0.25) is 9.59 Å². The highest BCUT2D eigenvalue weighted by Gasteiger charge is 2.35. The summed E-state index contributed by atoms with van der Waals surface area (Å²) in [6, 6.07) is 7.18. The number of rotatable bonds is 5. The Hall–Kier alpha value is -2.84. The first-order valence-corrected chi connectivity index (χ1v) is 9.47. The highest BCUT2D eigenvalue weighted by molar-refractivity contribution is 5.88. The average molecular weight is 408 g/mol. The van der Waals surface area contributed by atoms with Crippen molar-refractivity contribution in [2.24, 2.45) is 5.92 Å². The van der Waals surface area contributed by atoms with Gasteiger partial charge in [-0.15, -0.1) is 0 Å². The van der Waals surface area contributed by atoms with Crippen molar-refractivity contribution in [3.05, 3.63) is 47.8 Å². The van der Waals surface area contributed by atoms with Gasteiger partial charge in [0, 0.05) is 25.2 Å². The van der Waals surface area contributed by atoms with E-state index in [1.165, 1.54) is 6.20 Å². The summed E-state index contributed by atoms with van der Waals surface area (Å²) in [6.45, 7) is 4.49. The van der Waals surface area contributed by atoms with Gasteiger partial charge in [0.15, 0.2) is 5.69 Å². The van der Waals surface area contributed by atoms with E-state index in [9.17, 15) is 22.8 Å². The van der Waals surface area contributed by atoms with Crippen LogP contribution in [0.25, 0.3) is 5.69 Å². The van der Waals surface area contributed by atoms with Crippen LogP contribution in [0, 0.1) is 5.92 Å². The van der Waals surface area contributed by atoms with Crippen molar-refractivity contribution in [3.8, 4) is 5.69 Å². The lowest BCUT2D eigenvalue weighted by molar-refractivity contribution is -0.141. The van der Waals surface area contributed by atoms with E-state index in [1.54, 1.807) is 29.2 Å². The van der Waals surface area contributed by atoms with Crippen LogP contribution in [0.5, 0.6) is 0 Å². The van der Waals surface area contributed by atoms with Gasteiger partial charge in [0.25, 0.3) is 0 Å². The first-order chi connectivity index (χ1) is 13.7. The number of aromatic nitrogens is 2. The van der Waals surface area contributed by atoms with Crippen molar-refractivity contribution in [2.45, 2.75) is 45.5 Å². The lowest BCUT2D eigenvalue weighted by atomic mass is 10.1. The largest absolute Gasteiger partial charge is 0.435 e. The maximum Gasteiger partial charge on any atom is 0.435 e. The summed E-state index contributed by atoms with van der Waals surface area (Å²) < 4.78 is 39.2. The molecule has 1 aliphatic rings. The summed E-state index contributed by atoms with van der Waals surface area (Å²) in [5.41, 5.74) is 0.330. The molecule has 0 bridgehead atoms. The second kappa shape index (κ2) is 8.26. The van der Waals surface area contributed by atoms with Crippen molar-refractivity contribution < 1.29 is 22.8 Å². The average Bonchev–Trinajstić information content (AvgIpc) is 3.35. The van der Waals surface area contributed by atoms with Gasteiger partial charge in [-0.25, -0.2) is 4.68 Å². The number of hydrogen-bond acceptors (Lipinski definition) is 3. The SMILES string of the molecule is CC(C)C(=O)N1CCCC1C(=O)NCc1ccc(-n2ccc(C(F)(F)F)n2)cc1. The minimum atomic E-state index is -4.49. The summed E-state index contributed by atoms with van der Waals surface area (Å²) >= 11 is 0. The van der Waals surface area contributed by atoms with Gasteiger partial charge in [0.2, 0.25) is 11.8 Å². The van der Waals surface area contributed by atoms with Crippen LogP contribution in [0.4, 0.5) is 13.2 Å². The molecule has 2 amide bonds. The molecular weight excluding hydrogens is 385 g/mol. The Morgan fingerprint density at radius 1 is 1.21 bits per heavy atom. The molecule has 1 saturated heterocycles. The standard InChI is InChI=1S/C20H23F3N4O2/c1-13(2)19(29)26-10-3-4-16(26)18(28)24-12-14-5-7-15(8-6-14)27-11-9-17(25-27)20(21,22)23/h5-9,11,13,16H,3-4,10,12H2,1-2H3,(H,24,28). The summed E-state index contributed by atoms with van der Waals surface area (Å²) in [5, 5.41) is 6.38. The maximum atomic E-state index is 12.7. The normalized spacial score (nSPS) is 17.0. The van der Waals surface area contributed by atoms with Crippen LogP contribution in [0.15, 0.2) is 36.5 Å². The number of carbonyl (C=O) groups is 2. The molecule has 9 heteroatoms. The molecule has 1 aliphatic heterocycles. The molecule has 3 rings (SSSR count). The van der Waals surface area contributed by atoms with Crippen LogP contribution < -0.4 is 5.32 Å². The maximum absolute atomic E-state index is 12.7. The first kappa shape index (κ1) is 20.9. The van der Waals surface area contributed by atoms with E-state index in [1.807, 2.05) is 13.8 Å². The number of carbonyl (C=O) groups excluding carboxylic acids is 2. The quantitative estimate of drug-likeness (QED) is 0.827. The second-order valence-electron chi connectivity index (χ2n) is 7.37. The van der Waals surface area contributed by atoms with Crippen molar-refractivity contribution >= 4 is 11.8 Å². The Morgan fingerprint density at radius 3 is 2.48 bits per heavy atom. The summed E-state index contributed by atoms with van der Waals surface area (Å²) in [7, 11) is 0. The Labute approximate surface area is 166 Å².